The highest BCUT2D eigenvalue weighted by Crippen LogP contribution is 2.26. The minimum atomic E-state index is -3.86. The summed E-state index contributed by atoms with van der Waals surface area (Å²) in [5.74, 6) is 0.827. The number of aryl methyl sites for hydroxylation is 1. The number of rotatable bonds is 8. The SMILES string of the molecule is COc1ccc(NS(=O)(=O)c2ccc(C)c(NC(=O)COc3cccc4ccccc34)c2)cc1. The van der Waals surface area contributed by atoms with Gasteiger partial charge in [-0.25, -0.2) is 8.42 Å². The minimum Gasteiger partial charge on any atom is -0.497 e. The fourth-order valence-corrected chi connectivity index (χ4v) is 4.51. The number of ether oxygens (including phenoxy) is 2. The number of fused-ring (bicyclic) bond motifs is 1. The molecule has 0 heterocycles. The van der Waals surface area contributed by atoms with Crippen molar-refractivity contribution in [1.82, 2.24) is 0 Å². The first-order valence-electron chi connectivity index (χ1n) is 10.5. The Bertz CT molecular complexity index is 1430. The Morgan fingerprint density at radius 2 is 1.65 bits per heavy atom. The van der Waals surface area contributed by atoms with Crippen LogP contribution in [-0.2, 0) is 14.8 Å². The third-order valence-electron chi connectivity index (χ3n) is 5.24. The lowest BCUT2D eigenvalue weighted by molar-refractivity contribution is -0.118. The molecule has 0 spiro atoms. The average Bonchev–Trinajstić information content (AvgIpc) is 2.84. The molecule has 34 heavy (non-hydrogen) atoms. The van der Waals surface area contributed by atoms with Crippen molar-refractivity contribution in [1.29, 1.82) is 0 Å². The summed E-state index contributed by atoms with van der Waals surface area (Å²) < 4.78 is 39.1. The van der Waals surface area contributed by atoms with E-state index in [4.69, 9.17) is 9.47 Å². The molecule has 4 aromatic carbocycles. The zero-order valence-electron chi connectivity index (χ0n) is 18.7. The van der Waals surface area contributed by atoms with E-state index in [1.54, 1.807) is 43.3 Å². The predicted octanol–water partition coefficient (Wildman–Crippen LogP) is 4.98. The number of hydrogen-bond donors (Lipinski definition) is 2. The van der Waals surface area contributed by atoms with Gasteiger partial charge in [-0.2, -0.15) is 0 Å². The number of carbonyl (C=O) groups is 1. The van der Waals surface area contributed by atoms with Crippen LogP contribution in [0.2, 0.25) is 0 Å². The van der Waals surface area contributed by atoms with Crippen molar-refractivity contribution >= 4 is 38.1 Å². The molecule has 2 N–H and O–H groups in total. The van der Waals surface area contributed by atoms with Crippen LogP contribution in [-0.4, -0.2) is 28.0 Å². The molecule has 174 valence electrons. The third kappa shape index (κ3) is 5.29. The molecule has 0 aliphatic rings. The molecule has 0 saturated carbocycles. The molecule has 7 nitrogen and oxygen atoms in total. The highest BCUT2D eigenvalue weighted by atomic mass is 32.2. The Balaban J connectivity index is 1.46. The van der Waals surface area contributed by atoms with Gasteiger partial charge in [-0.15, -0.1) is 0 Å². The van der Waals surface area contributed by atoms with Crippen LogP contribution in [0.15, 0.2) is 89.8 Å². The van der Waals surface area contributed by atoms with E-state index in [1.165, 1.54) is 19.2 Å². The van der Waals surface area contributed by atoms with E-state index in [0.29, 0.717) is 22.9 Å². The number of anilines is 2. The van der Waals surface area contributed by atoms with Crippen LogP contribution in [0.25, 0.3) is 10.8 Å². The Morgan fingerprint density at radius 1 is 0.912 bits per heavy atom. The Hall–Kier alpha value is -4.04. The molecule has 0 bridgehead atoms. The van der Waals surface area contributed by atoms with E-state index in [9.17, 15) is 13.2 Å². The van der Waals surface area contributed by atoms with Crippen molar-refractivity contribution in [3.05, 3.63) is 90.5 Å². The normalized spacial score (nSPS) is 11.1. The number of nitrogens with one attached hydrogen (secondary N) is 2. The van der Waals surface area contributed by atoms with Crippen molar-refractivity contribution in [2.24, 2.45) is 0 Å². The number of amides is 1. The number of benzene rings is 4. The largest absolute Gasteiger partial charge is 0.497 e. The summed E-state index contributed by atoms with van der Waals surface area (Å²) in [4.78, 5) is 12.6. The van der Waals surface area contributed by atoms with Crippen LogP contribution in [0, 0.1) is 6.92 Å². The molecule has 0 radical (unpaired) electrons. The molecule has 0 fully saturated rings. The maximum absolute atomic E-state index is 12.9. The predicted molar refractivity (Wildman–Crippen MR) is 133 cm³/mol. The Labute approximate surface area is 198 Å². The number of hydrogen-bond acceptors (Lipinski definition) is 5. The number of carbonyl (C=O) groups excluding carboxylic acids is 1. The molecule has 0 aromatic heterocycles. The second-order valence-electron chi connectivity index (χ2n) is 7.62. The fraction of sp³-hybridized carbons (Fsp3) is 0.115. The summed E-state index contributed by atoms with van der Waals surface area (Å²) in [6, 6.07) is 24.5. The first-order chi connectivity index (χ1) is 16.4. The first kappa shape index (κ1) is 23.1. The first-order valence-corrected chi connectivity index (χ1v) is 12.0. The zero-order valence-corrected chi connectivity index (χ0v) is 19.6. The van der Waals surface area contributed by atoms with Crippen LogP contribution in [0.4, 0.5) is 11.4 Å². The summed E-state index contributed by atoms with van der Waals surface area (Å²) >= 11 is 0. The van der Waals surface area contributed by atoms with Gasteiger partial charge in [-0.3, -0.25) is 9.52 Å². The Kier molecular flexibility index (Phi) is 6.70. The van der Waals surface area contributed by atoms with Gasteiger partial charge >= 0.3 is 0 Å². The lowest BCUT2D eigenvalue weighted by Gasteiger charge is -2.13. The standard InChI is InChI=1S/C26H24N2O5S/c1-18-10-15-22(34(30,31)28-20-11-13-21(32-2)14-12-20)16-24(18)27-26(29)17-33-25-9-5-7-19-6-3-4-8-23(19)25/h3-16,28H,17H2,1-2H3,(H,27,29). The summed E-state index contributed by atoms with van der Waals surface area (Å²) in [6.07, 6.45) is 0. The summed E-state index contributed by atoms with van der Waals surface area (Å²) in [7, 11) is -2.32. The lowest BCUT2D eigenvalue weighted by Crippen LogP contribution is -2.21. The van der Waals surface area contributed by atoms with Gasteiger partial charge in [0.15, 0.2) is 6.61 Å². The van der Waals surface area contributed by atoms with Crippen LogP contribution >= 0.6 is 0 Å². The second kappa shape index (κ2) is 9.84. The molecule has 1 amide bonds. The molecule has 0 saturated heterocycles. The van der Waals surface area contributed by atoms with Crippen molar-refractivity contribution in [3.63, 3.8) is 0 Å². The maximum atomic E-state index is 12.9. The zero-order chi connectivity index (χ0) is 24.1. The molecule has 8 heteroatoms. The molecular weight excluding hydrogens is 452 g/mol. The average molecular weight is 477 g/mol. The lowest BCUT2D eigenvalue weighted by atomic mass is 10.1. The van der Waals surface area contributed by atoms with Gasteiger partial charge in [0.05, 0.1) is 12.0 Å². The van der Waals surface area contributed by atoms with E-state index >= 15 is 0 Å². The van der Waals surface area contributed by atoms with Gasteiger partial charge in [-0.1, -0.05) is 42.5 Å². The number of methoxy groups -OCH3 is 1. The molecule has 0 unspecified atom stereocenters. The summed E-state index contributed by atoms with van der Waals surface area (Å²) in [5.41, 5.74) is 1.52. The van der Waals surface area contributed by atoms with Crippen LogP contribution in [0.1, 0.15) is 5.56 Å². The van der Waals surface area contributed by atoms with Gasteiger partial charge in [-0.05, 0) is 60.3 Å². The number of sulfonamides is 1. The van der Waals surface area contributed by atoms with E-state index in [0.717, 1.165) is 16.3 Å². The summed E-state index contributed by atoms with van der Waals surface area (Å²) in [6.45, 7) is 1.57. The molecule has 0 atom stereocenters. The maximum Gasteiger partial charge on any atom is 0.262 e. The molecule has 4 aromatic rings. The minimum absolute atomic E-state index is 0.0270. The van der Waals surface area contributed by atoms with Gasteiger partial charge in [0, 0.05) is 16.8 Å². The quantitative estimate of drug-likeness (QED) is 0.374. The highest BCUT2D eigenvalue weighted by molar-refractivity contribution is 7.92. The molecule has 0 aliphatic carbocycles. The fourth-order valence-electron chi connectivity index (χ4n) is 3.43. The van der Waals surface area contributed by atoms with Crippen molar-refractivity contribution in [3.8, 4) is 11.5 Å². The Morgan fingerprint density at radius 3 is 2.41 bits per heavy atom. The van der Waals surface area contributed by atoms with E-state index in [-0.39, 0.29) is 11.5 Å². The molecule has 4 rings (SSSR count). The van der Waals surface area contributed by atoms with Gasteiger partial charge in [0.25, 0.3) is 15.9 Å². The van der Waals surface area contributed by atoms with Gasteiger partial charge in [0.1, 0.15) is 11.5 Å². The smallest absolute Gasteiger partial charge is 0.262 e. The van der Waals surface area contributed by atoms with E-state index < -0.39 is 15.9 Å². The molecule has 0 aliphatic heterocycles. The topological polar surface area (TPSA) is 93.7 Å². The van der Waals surface area contributed by atoms with Crippen LogP contribution < -0.4 is 19.5 Å². The third-order valence-corrected chi connectivity index (χ3v) is 6.62. The van der Waals surface area contributed by atoms with Crippen LogP contribution in [0.3, 0.4) is 0 Å². The second-order valence-corrected chi connectivity index (χ2v) is 9.31. The van der Waals surface area contributed by atoms with Crippen molar-refractivity contribution in [2.75, 3.05) is 23.8 Å². The van der Waals surface area contributed by atoms with Crippen molar-refractivity contribution < 1.29 is 22.7 Å². The van der Waals surface area contributed by atoms with Gasteiger partial charge < -0.3 is 14.8 Å². The highest BCUT2D eigenvalue weighted by Gasteiger charge is 2.17. The molecular formula is C26H24N2O5S. The van der Waals surface area contributed by atoms with E-state index in [1.807, 2.05) is 36.4 Å². The van der Waals surface area contributed by atoms with E-state index in [2.05, 4.69) is 10.0 Å². The monoisotopic (exact) mass is 476 g/mol. The van der Waals surface area contributed by atoms with Crippen molar-refractivity contribution in [2.45, 2.75) is 11.8 Å². The van der Waals surface area contributed by atoms with Gasteiger partial charge in [0.2, 0.25) is 0 Å². The summed E-state index contributed by atoms with van der Waals surface area (Å²) in [5, 5.41) is 4.67. The van der Waals surface area contributed by atoms with Crippen LogP contribution in [0.5, 0.6) is 11.5 Å².